The summed E-state index contributed by atoms with van der Waals surface area (Å²) in [6, 6.07) is 14.1. The van der Waals surface area contributed by atoms with Gasteiger partial charge in [0.25, 0.3) is 0 Å². The molecule has 0 amide bonds. The number of hydrogen-bond acceptors (Lipinski definition) is 2. The second kappa shape index (κ2) is 5.15. The van der Waals surface area contributed by atoms with E-state index in [9.17, 15) is 15.0 Å². The number of benzene rings is 2. The highest BCUT2D eigenvalue weighted by Gasteiger charge is 2.47. The van der Waals surface area contributed by atoms with Crippen LogP contribution in [0.15, 0.2) is 48.5 Å². The standard InChI is InChI=1S/C14H10O3.CH3Br/c15-13(16)14(17)11-7-3-1-5-9(11)10-6-2-4-8-12(10)14;1-2/h1-8,17H,(H,15,16);1H3. The van der Waals surface area contributed by atoms with Crippen LogP contribution in [0.1, 0.15) is 11.1 Å². The molecule has 0 aromatic heterocycles. The molecule has 1 aliphatic carbocycles. The van der Waals surface area contributed by atoms with Crippen molar-refractivity contribution in [2.75, 3.05) is 5.83 Å². The maximum atomic E-state index is 11.4. The Morgan fingerprint density at radius 2 is 1.32 bits per heavy atom. The lowest BCUT2D eigenvalue weighted by molar-refractivity contribution is -0.154. The van der Waals surface area contributed by atoms with E-state index in [1.54, 1.807) is 24.3 Å². The molecular weight excluding hydrogens is 308 g/mol. The molecule has 3 nitrogen and oxygen atoms in total. The molecule has 0 spiro atoms. The molecule has 2 aromatic rings. The summed E-state index contributed by atoms with van der Waals surface area (Å²) in [7, 11) is 0. The maximum Gasteiger partial charge on any atom is 0.345 e. The summed E-state index contributed by atoms with van der Waals surface area (Å²) in [5, 5.41) is 19.8. The highest BCUT2D eigenvalue weighted by atomic mass is 79.9. The molecule has 0 radical (unpaired) electrons. The van der Waals surface area contributed by atoms with Crippen LogP contribution in [0.25, 0.3) is 11.1 Å². The van der Waals surface area contributed by atoms with Crippen molar-refractivity contribution in [3.63, 3.8) is 0 Å². The van der Waals surface area contributed by atoms with Gasteiger partial charge in [0.15, 0.2) is 0 Å². The minimum atomic E-state index is -1.92. The molecule has 3 rings (SSSR count). The van der Waals surface area contributed by atoms with Gasteiger partial charge >= 0.3 is 5.97 Å². The summed E-state index contributed by atoms with van der Waals surface area (Å²) >= 11 is 2.94. The summed E-state index contributed by atoms with van der Waals surface area (Å²) in [4.78, 5) is 11.4. The first-order valence-corrected chi connectivity index (χ1v) is 7.27. The van der Waals surface area contributed by atoms with Crippen LogP contribution < -0.4 is 0 Å². The fourth-order valence-electron chi connectivity index (χ4n) is 2.44. The third kappa shape index (κ3) is 1.88. The van der Waals surface area contributed by atoms with Gasteiger partial charge < -0.3 is 10.2 Å². The maximum absolute atomic E-state index is 11.4. The molecule has 0 heterocycles. The van der Waals surface area contributed by atoms with E-state index in [4.69, 9.17) is 0 Å². The van der Waals surface area contributed by atoms with Gasteiger partial charge in [0.2, 0.25) is 5.60 Å². The second-order valence-electron chi connectivity index (χ2n) is 4.11. The number of hydrogen-bond donors (Lipinski definition) is 2. The molecule has 0 saturated heterocycles. The number of aliphatic hydroxyl groups is 1. The molecule has 0 fully saturated rings. The Bertz CT molecular complexity index is 577. The predicted molar refractivity (Wildman–Crippen MR) is 77.4 cm³/mol. The second-order valence-corrected chi connectivity index (χ2v) is 4.11. The van der Waals surface area contributed by atoms with E-state index in [0.29, 0.717) is 11.1 Å². The Hall–Kier alpha value is -1.65. The van der Waals surface area contributed by atoms with Crippen molar-refractivity contribution in [2.45, 2.75) is 5.60 Å². The SMILES string of the molecule is CBr.O=C(O)C1(O)c2ccccc2-c2ccccc21. The minimum Gasteiger partial charge on any atom is -0.479 e. The number of fused-ring (bicyclic) bond motifs is 3. The van der Waals surface area contributed by atoms with Crippen molar-refractivity contribution < 1.29 is 15.0 Å². The summed E-state index contributed by atoms with van der Waals surface area (Å²) in [6.07, 6.45) is 0. The normalized spacial score (nSPS) is 13.8. The average Bonchev–Trinajstić information content (AvgIpc) is 2.74. The smallest absolute Gasteiger partial charge is 0.345 e. The monoisotopic (exact) mass is 320 g/mol. The van der Waals surface area contributed by atoms with Crippen LogP contribution in [-0.2, 0) is 10.4 Å². The van der Waals surface area contributed by atoms with E-state index in [2.05, 4.69) is 15.9 Å². The van der Waals surface area contributed by atoms with Crippen molar-refractivity contribution in [2.24, 2.45) is 0 Å². The Morgan fingerprint density at radius 1 is 0.947 bits per heavy atom. The quantitative estimate of drug-likeness (QED) is 0.794. The van der Waals surface area contributed by atoms with E-state index in [1.165, 1.54) is 0 Å². The van der Waals surface area contributed by atoms with Crippen molar-refractivity contribution in [3.8, 4) is 11.1 Å². The van der Waals surface area contributed by atoms with Crippen molar-refractivity contribution in [3.05, 3.63) is 59.7 Å². The number of rotatable bonds is 1. The summed E-state index contributed by atoms with van der Waals surface area (Å²) in [5.41, 5.74) is 0.524. The Balaban J connectivity index is 0.000000637. The molecule has 2 N–H and O–H groups in total. The third-order valence-corrected chi connectivity index (χ3v) is 3.23. The van der Waals surface area contributed by atoms with Gasteiger partial charge in [-0.15, -0.1) is 0 Å². The van der Waals surface area contributed by atoms with Crippen LogP contribution in [0.5, 0.6) is 0 Å². The van der Waals surface area contributed by atoms with Crippen LogP contribution in [0.3, 0.4) is 0 Å². The van der Waals surface area contributed by atoms with Gasteiger partial charge in [-0.05, 0) is 17.0 Å². The zero-order chi connectivity index (χ0) is 14.0. The van der Waals surface area contributed by atoms with Gasteiger partial charge in [-0.3, -0.25) is 0 Å². The van der Waals surface area contributed by atoms with E-state index < -0.39 is 11.6 Å². The molecular formula is C15H13BrO3. The first-order chi connectivity index (χ1) is 9.15. The summed E-state index contributed by atoms with van der Waals surface area (Å²) in [6.45, 7) is 0. The number of alkyl halides is 1. The fourth-order valence-corrected chi connectivity index (χ4v) is 2.44. The zero-order valence-corrected chi connectivity index (χ0v) is 11.9. The topological polar surface area (TPSA) is 57.5 Å². The molecule has 2 aromatic carbocycles. The summed E-state index contributed by atoms with van der Waals surface area (Å²) in [5.74, 6) is 0.572. The zero-order valence-electron chi connectivity index (χ0n) is 10.3. The molecule has 0 unspecified atom stereocenters. The van der Waals surface area contributed by atoms with Crippen LogP contribution in [0.2, 0.25) is 0 Å². The average molecular weight is 321 g/mol. The van der Waals surface area contributed by atoms with E-state index in [-0.39, 0.29) is 0 Å². The molecule has 98 valence electrons. The Labute approximate surface area is 119 Å². The van der Waals surface area contributed by atoms with Gasteiger partial charge in [-0.2, -0.15) is 0 Å². The van der Waals surface area contributed by atoms with Crippen molar-refractivity contribution >= 4 is 21.9 Å². The lowest BCUT2D eigenvalue weighted by atomic mass is 9.92. The molecule has 0 aliphatic heterocycles. The molecule has 1 aliphatic rings. The summed E-state index contributed by atoms with van der Waals surface area (Å²) < 4.78 is 0. The van der Waals surface area contributed by atoms with Crippen LogP contribution in [0.4, 0.5) is 0 Å². The first kappa shape index (κ1) is 13.8. The largest absolute Gasteiger partial charge is 0.479 e. The predicted octanol–water partition coefficient (Wildman–Crippen LogP) is 3.00. The highest BCUT2D eigenvalue weighted by Crippen LogP contribution is 2.47. The number of halogens is 1. The molecule has 0 saturated carbocycles. The number of carboxylic acids is 1. The minimum absolute atomic E-state index is 0.439. The van der Waals surface area contributed by atoms with Crippen LogP contribution in [0, 0.1) is 0 Å². The van der Waals surface area contributed by atoms with Gasteiger partial charge in [0, 0.05) is 11.1 Å². The van der Waals surface area contributed by atoms with Crippen LogP contribution in [-0.4, -0.2) is 22.0 Å². The van der Waals surface area contributed by atoms with Crippen molar-refractivity contribution in [1.29, 1.82) is 0 Å². The van der Waals surface area contributed by atoms with E-state index in [1.807, 2.05) is 30.1 Å². The van der Waals surface area contributed by atoms with Gasteiger partial charge in [0.05, 0.1) is 0 Å². The highest BCUT2D eigenvalue weighted by molar-refractivity contribution is 9.08. The number of carbonyl (C=O) groups is 1. The molecule has 4 heteroatoms. The van der Waals surface area contributed by atoms with Gasteiger partial charge in [-0.1, -0.05) is 64.5 Å². The van der Waals surface area contributed by atoms with Crippen LogP contribution >= 0.6 is 15.9 Å². The fraction of sp³-hybridized carbons (Fsp3) is 0.133. The van der Waals surface area contributed by atoms with Gasteiger partial charge in [0.1, 0.15) is 0 Å². The number of aliphatic carboxylic acids is 1. The molecule has 0 atom stereocenters. The first-order valence-electron chi connectivity index (χ1n) is 5.68. The Kier molecular flexibility index (Phi) is 3.73. The molecule has 19 heavy (non-hydrogen) atoms. The Morgan fingerprint density at radius 3 is 1.68 bits per heavy atom. The van der Waals surface area contributed by atoms with E-state index in [0.717, 1.165) is 11.1 Å². The van der Waals surface area contributed by atoms with E-state index >= 15 is 0 Å². The number of carboxylic acid groups (broad SMARTS) is 1. The third-order valence-electron chi connectivity index (χ3n) is 3.23. The van der Waals surface area contributed by atoms with Crippen molar-refractivity contribution in [1.82, 2.24) is 0 Å². The van der Waals surface area contributed by atoms with Gasteiger partial charge in [-0.25, -0.2) is 4.79 Å². The molecule has 0 bridgehead atoms. The lowest BCUT2D eigenvalue weighted by Gasteiger charge is -2.19. The lowest BCUT2D eigenvalue weighted by Crippen LogP contribution is -2.34.